The quantitative estimate of drug-likeness (QED) is 0.229. The van der Waals surface area contributed by atoms with E-state index in [9.17, 15) is 0 Å². The fourth-order valence-corrected chi connectivity index (χ4v) is 3.28. The molecule has 1 aliphatic heterocycles. The molecule has 0 aliphatic carbocycles. The summed E-state index contributed by atoms with van der Waals surface area (Å²) in [6.45, 7) is 11.0. The Kier molecular flexibility index (Phi) is 11.6. The minimum Gasteiger partial charge on any atom is -0.379 e. The van der Waals surface area contributed by atoms with Crippen molar-refractivity contribution in [1.29, 1.82) is 0 Å². The third-order valence-electron chi connectivity index (χ3n) is 4.43. The third-order valence-corrected chi connectivity index (χ3v) is 4.76. The van der Waals surface area contributed by atoms with Crippen LogP contribution in [0.4, 0.5) is 0 Å². The van der Waals surface area contributed by atoms with E-state index in [1.54, 1.807) is 0 Å². The Morgan fingerprint density at radius 2 is 2.11 bits per heavy atom. The Labute approximate surface area is 185 Å². The SMILES string of the molecule is CCNC(=NCC(C)(C)c1ccccc1Cl)NCCCOC1CCOC1.I. The Morgan fingerprint density at radius 1 is 1.33 bits per heavy atom. The molecule has 0 bridgehead atoms. The van der Waals surface area contributed by atoms with Crippen molar-refractivity contribution in [3.05, 3.63) is 34.9 Å². The zero-order valence-electron chi connectivity index (χ0n) is 16.6. The van der Waals surface area contributed by atoms with E-state index in [0.717, 1.165) is 62.3 Å². The van der Waals surface area contributed by atoms with Crippen molar-refractivity contribution in [3.63, 3.8) is 0 Å². The Hall–Kier alpha value is -0.570. The predicted octanol–water partition coefficient (Wildman–Crippen LogP) is 3.99. The molecule has 0 saturated carbocycles. The minimum absolute atomic E-state index is 0. The van der Waals surface area contributed by atoms with Crippen LogP contribution in [0.1, 0.15) is 39.2 Å². The number of aliphatic imine (C=N–C) groups is 1. The van der Waals surface area contributed by atoms with Crippen molar-refractivity contribution in [3.8, 4) is 0 Å². The summed E-state index contributed by atoms with van der Waals surface area (Å²) in [6.07, 6.45) is 2.22. The van der Waals surface area contributed by atoms with Crippen LogP contribution in [0.5, 0.6) is 0 Å². The first-order chi connectivity index (χ1) is 12.5. The average Bonchev–Trinajstić information content (AvgIpc) is 3.13. The summed E-state index contributed by atoms with van der Waals surface area (Å²) in [5.41, 5.74) is 0.986. The maximum absolute atomic E-state index is 6.35. The average molecular weight is 510 g/mol. The Morgan fingerprint density at radius 3 is 2.78 bits per heavy atom. The largest absolute Gasteiger partial charge is 0.379 e. The summed E-state index contributed by atoms with van der Waals surface area (Å²) in [6, 6.07) is 7.98. The van der Waals surface area contributed by atoms with Crippen LogP contribution in [0.3, 0.4) is 0 Å². The monoisotopic (exact) mass is 509 g/mol. The van der Waals surface area contributed by atoms with Crippen LogP contribution in [-0.2, 0) is 14.9 Å². The number of hydrogen-bond acceptors (Lipinski definition) is 3. The maximum Gasteiger partial charge on any atom is 0.191 e. The van der Waals surface area contributed by atoms with Gasteiger partial charge in [-0.3, -0.25) is 4.99 Å². The number of rotatable bonds is 9. The summed E-state index contributed by atoms with van der Waals surface area (Å²) in [5.74, 6) is 0.830. The van der Waals surface area contributed by atoms with Crippen molar-refractivity contribution >= 4 is 41.5 Å². The van der Waals surface area contributed by atoms with Gasteiger partial charge in [-0.2, -0.15) is 0 Å². The van der Waals surface area contributed by atoms with E-state index in [-0.39, 0.29) is 35.5 Å². The van der Waals surface area contributed by atoms with E-state index in [4.69, 9.17) is 26.1 Å². The highest BCUT2D eigenvalue weighted by molar-refractivity contribution is 14.0. The van der Waals surface area contributed by atoms with E-state index < -0.39 is 0 Å². The van der Waals surface area contributed by atoms with Gasteiger partial charge in [-0.05, 0) is 31.4 Å². The molecule has 7 heteroatoms. The van der Waals surface area contributed by atoms with Crippen molar-refractivity contribution < 1.29 is 9.47 Å². The number of guanidine groups is 1. The first kappa shape index (κ1) is 24.5. The summed E-state index contributed by atoms with van der Waals surface area (Å²) in [5, 5.41) is 7.47. The number of halogens is 2. The number of ether oxygens (including phenoxy) is 2. The highest BCUT2D eigenvalue weighted by Crippen LogP contribution is 2.29. The molecule has 1 heterocycles. The third kappa shape index (κ3) is 8.54. The lowest BCUT2D eigenvalue weighted by Crippen LogP contribution is -2.39. The van der Waals surface area contributed by atoms with Crippen molar-refractivity contribution in [2.24, 2.45) is 4.99 Å². The second kappa shape index (κ2) is 12.8. The summed E-state index contributed by atoms with van der Waals surface area (Å²) in [7, 11) is 0. The predicted molar refractivity (Wildman–Crippen MR) is 124 cm³/mol. The molecule has 1 saturated heterocycles. The van der Waals surface area contributed by atoms with Gasteiger partial charge in [-0.15, -0.1) is 24.0 Å². The van der Waals surface area contributed by atoms with Crippen molar-refractivity contribution in [2.45, 2.75) is 45.1 Å². The van der Waals surface area contributed by atoms with Crippen LogP contribution in [0.2, 0.25) is 5.02 Å². The minimum atomic E-state index is -0.133. The normalized spacial score (nSPS) is 17.5. The number of benzene rings is 1. The van der Waals surface area contributed by atoms with E-state index in [2.05, 4.69) is 37.5 Å². The highest BCUT2D eigenvalue weighted by atomic mass is 127. The summed E-state index contributed by atoms with van der Waals surface area (Å²) < 4.78 is 11.1. The molecule has 1 atom stereocenters. The summed E-state index contributed by atoms with van der Waals surface area (Å²) in [4.78, 5) is 4.75. The lowest BCUT2D eigenvalue weighted by Gasteiger charge is -2.25. The molecule has 1 aromatic rings. The first-order valence-corrected chi connectivity index (χ1v) is 9.87. The van der Waals surface area contributed by atoms with Crippen LogP contribution >= 0.6 is 35.6 Å². The van der Waals surface area contributed by atoms with E-state index in [0.29, 0.717) is 6.54 Å². The second-order valence-electron chi connectivity index (χ2n) is 7.20. The molecule has 1 aromatic carbocycles. The van der Waals surface area contributed by atoms with Crippen LogP contribution in [0.15, 0.2) is 29.3 Å². The van der Waals surface area contributed by atoms with Gasteiger partial charge >= 0.3 is 0 Å². The Balaban J connectivity index is 0.00000364. The Bertz CT molecular complexity index is 578. The van der Waals surface area contributed by atoms with Crippen LogP contribution in [0.25, 0.3) is 0 Å². The zero-order chi connectivity index (χ0) is 18.8. The number of nitrogens with zero attached hydrogens (tertiary/aromatic N) is 1. The molecule has 154 valence electrons. The zero-order valence-corrected chi connectivity index (χ0v) is 19.7. The summed E-state index contributed by atoms with van der Waals surface area (Å²) >= 11 is 6.35. The lowest BCUT2D eigenvalue weighted by molar-refractivity contribution is 0.0420. The van der Waals surface area contributed by atoms with Gasteiger partial charge in [-0.25, -0.2) is 0 Å². The van der Waals surface area contributed by atoms with Crippen LogP contribution in [-0.4, -0.2) is 51.5 Å². The second-order valence-corrected chi connectivity index (χ2v) is 7.60. The molecular weight excluding hydrogens is 477 g/mol. The highest BCUT2D eigenvalue weighted by Gasteiger charge is 2.23. The van der Waals surface area contributed by atoms with Gasteiger partial charge in [-0.1, -0.05) is 43.6 Å². The molecular formula is C20H33ClIN3O2. The molecule has 1 aliphatic rings. The van der Waals surface area contributed by atoms with Gasteiger partial charge in [0.2, 0.25) is 0 Å². The van der Waals surface area contributed by atoms with E-state index >= 15 is 0 Å². The van der Waals surface area contributed by atoms with Gasteiger partial charge in [0.1, 0.15) is 0 Å². The first-order valence-electron chi connectivity index (χ1n) is 9.49. The fourth-order valence-electron chi connectivity index (χ4n) is 2.89. The van der Waals surface area contributed by atoms with E-state index in [1.807, 2.05) is 18.2 Å². The fraction of sp³-hybridized carbons (Fsp3) is 0.650. The van der Waals surface area contributed by atoms with Gasteiger partial charge in [0.15, 0.2) is 5.96 Å². The lowest BCUT2D eigenvalue weighted by atomic mass is 9.85. The number of hydrogen-bond donors (Lipinski definition) is 2. The van der Waals surface area contributed by atoms with E-state index in [1.165, 1.54) is 0 Å². The van der Waals surface area contributed by atoms with Crippen molar-refractivity contribution in [1.82, 2.24) is 10.6 Å². The standard InChI is InChI=1S/C20H32ClN3O2.HI/c1-4-22-19(23-11-7-12-26-16-10-13-25-14-16)24-15-20(2,3)17-8-5-6-9-18(17)21;/h5-6,8-9,16H,4,7,10-15H2,1-3H3,(H2,22,23,24);1H. The molecule has 0 spiro atoms. The van der Waals surface area contributed by atoms with Crippen LogP contribution < -0.4 is 10.6 Å². The molecule has 5 nitrogen and oxygen atoms in total. The van der Waals surface area contributed by atoms with Gasteiger partial charge in [0.05, 0.1) is 19.3 Å². The molecule has 2 rings (SSSR count). The molecule has 2 N–H and O–H groups in total. The molecule has 1 unspecified atom stereocenters. The van der Waals surface area contributed by atoms with Gasteiger partial charge in [0, 0.05) is 36.7 Å². The van der Waals surface area contributed by atoms with Crippen molar-refractivity contribution in [2.75, 3.05) is 39.5 Å². The maximum atomic E-state index is 6.35. The molecule has 0 aromatic heterocycles. The van der Waals surface area contributed by atoms with Gasteiger partial charge < -0.3 is 20.1 Å². The molecule has 0 radical (unpaired) electrons. The molecule has 1 fully saturated rings. The number of nitrogens with one attached hydrogen (secondary N) is 2. The molecule has 0 amide bonds. The van der Waals surface area contributed by atoms with Gasteiger partial charge in [0.25, 0.3) is 0 Å². The smallest absolute Gasteiger partial charge is 0.191 e. The topological polar surface area (TPSA) is 54.9 Å². The molecule has 27 heavy (non-hydrogen) atoms. The van der Waals surface area contributed by atoms with Crippen LogP contribution in [0, 0.1) is 0 Å².